The maximum atomic E-state index is 11.5. The summed E-state index contributed by atoms with van der Waals surface area (Å²) < 4.78 is 0. The van der Waals surface area contributed by atoms with Gasteiger partial charge in [0.1, 0.15) is 0 Å². The minimum atomic E-state index is -0.241. The van der Waals surface area contributed by atoms with Gasteiger partial charge in [-0.15, -0.1) is 0 Å². The van der Waals surface area contributed by atoms with Gasteiger partial charge in [0.25, 0.3) is 0 Å². The molecule has 1 fully saturated rings. The number of amides is 1. The summed E-state index contributed by atoms with van der Waals surface area (Å²) in [7, 11) is 0. The van der Waals surface area contributed by atoms with Crippen LogP contribution in [0.15, 0.2) is 30.5 Å². The molecule has 104 valence electrons. The molecular weight excluding hydrogens is 252 g/mol. The second-order valence-electron chi connectivity index (χ2n) is 5.24. The number of nitrogens with two attached hydrogens (primary N) is 2. The van der Waals surface area contributed by atoms with Crippen molar-refractivity contribution in [3.05, 3.63) is 36.0 Å². The van der Waals surface area contributed by atoms with Crippen LogP contribution in [0.5, 0.6) is 0 Å². The highest BCUT2D eigenvalue weighted by molar-refractivity contribution is 5.92. The molecule has 1 saturated heterocycles. The third-order valence-corrected chi connectivity index (χ3v) is 3.95. The Morgan fingerprint density at radius 3 is 3.05 bits per heavy atom. The fourth-order valence-electron chi connectivity index (χ4n) is 2.94. The zero-order valence-electron chi connectivity index (χ0n) is 11.2. The molecule has 2 heterocycles. The first-order valence-corrected chi connectivity index (χ1v) is 6.82. The number of primary amides is 1. The molecule has 0 bridgehead atoms. The van der Waals surface area contributed by atoms with E-state index in [1.54, 1.807) is 6.20 Å². The van der Waals surface area contributed by atoms with Crippen molar-refractivity contribution in [1.82, 2.24) is 9.88 Å². The Morgan fingerprint density at radius 1 is 1.40 bits per heavy atom. The van der Waals surface area contributed by atoms with E-state index in [9.17, 15) is 4.79 Å². The number of nitrogens with zero attached hydrogens (tertiary/aromatic N) is 2. The number of anilines is 1. The molecule has 0 spiro atoms. The summed E-state index contributed by atoms with van der Waals surface area (Å²) in [4.78, 5) is 18.0. The van der Waals surface area contributed by atoms with E-state index in [0.717, 1.165) is 41.5 Å². The average Bonchev–Trinajstić information content (AvgIpc) is 2.91. The first-order chi connectivity index (χ1) is 9.66. The van der Waals surface area contributed by atoms with E-state index in [1.165, 1.54) is 0 Å². The molecule has 1 aromatic heterocycles. The lowest BCUT2D eigenvalue weighted by molar-refractivity contribution is -0.122. The molecular formula is C15H18N4O. The Balaban J connectivity index is 1.95. The molecule has 0 aliphatic carbocycles. The number of carbonyl (C=O) groups excluding carboxylic acids is 1. The predicted octanol–water partition coefficient (Wildman–Crippen LogP) is 1.27. The van der Waals surface area contributed by atoms with Crippen molar-refractivity contribution in [2.45, 2.75) is 25.4 Å². The first kappa shape index (κ1) is 12.9. The number of nitrogen functional groups attached to an aromatic ring is 1. The van der Waals surface area contributed by atoms with Gasteiger partial charge in [-0.05, 0) is 43.1 Å². The van der Waals surface area contributed by atoms with Gasteiger partial charge in [0.2, 0.25) is 5.91 Å². The van der Waals surface area contributed by atoms with Crippen LogP contribution in [-0.4, -0.2) is 28.4 Å². The van der Waals surface area contributed by atoms with E-state index >= 15 is 0 Å². The van der Waals surface area contributed by atoms with Gasteiger partial charge in [-0.1, -0.05) is 6.07 Å². The third-order valence-electron chi connectivity index (χ3n) is 3.95. The largest absolute Gasteiger partial charge is 0.398 e. The Kier molecular flexibility index (Phi) is 3.28. The Labute approximate surface area is 117 Å². The summed E-state index contributed by atoms with van der Waals surface area (Å²) in [5.74, 6) is -0.241. The number of likely N-dealkylation sites (tertiary alicyclic amines) is 1. The zero-order chi connectivity index (χ0) is 14.1. The molecule has 20 heavy (non-hydrogen) atoms. The van der Waals surface area contributed by atoms with Crippen LogP contribution < -0.4 is 11.5 Å². The quantitative estimate of drug-likeness (QED) is 0.822. The molecule has 4 N–H and O–H groups in total. The molecule has 1 unspecified atom stereocenters. The molecule has 2 aromatic rings. The van der Waals surface area contributed by atoms with Crippen LogP contribution in [0.3, 0.4) is 0 Å². The number of rotatable bonds is 3. The van der Waals surface area contributed by atoms with Crippen LogP contribution in [0.25, 0.3) is 10.9 Å². The van der Waals surface area contributed by atoms with Gasteiger partial charge >= 0.3 is 0 Å². The van der Waals surface area contributed by atoms with Crippen LogP contribution >= 0.6 is 0 Å². The summed E-state index contributed by atoms with van der Waals surface area (Å²) in [6.07, 6.45) is 3.62. The third kappa shape index (κ3) is 2.20. The van der Waals surface area contributed by atoms with Crippen molar-refractivity contribution >= 4 is 22.5 Å². The number of fused-ring (bicyclic) bond motifs is 1. The second kappa shape index (κ2) is 5.09. The number of hydrogen-bond donors (Lipinski definition) is 2. The Bertz CT molecular complexity index is 655. The lowest BCUT2D eigenvalue weighted by Gasteiger charge is -2.22. The van der Waals surface area contributed by atoms with Crippen molar-refractivity contribution in [1.29, 1.82) is 0 Å². The van der Waals surface area contributed by atoms with E-state index in [1.807, 2.05) is 24.3 Å². The van der Waals surface area contributed by atoms with E-state index in [4.69, 9.17) is 11.5 Å². The summed E-state index contributed by atoms with van der Waals surface area (Å²) >= 11 is 0. The summed E-state index contributed by atoms with van der Waals surface area (Å²) in [5, 5.41) is 0.958. The van der Waals surface area contributed by atoms with Crippen molar-refractivity contribution in [3.63, 3.8) is 0 Å². The Hall–Kier alpha value is -2.14. The molecule has 3 rings (SSSR count). The molecule has 0 radical (unpaired) electrons. The molecule has 1 amide bonds. The molecule has 5 heteroatoms. The van der Waals surface area contributed by atoms with E-state index in [2.05, 4.69) is 9.88 Å². The lowest BCUT2D eigenvalue weighted by atomic mass is 10.1. The minimum absolute atomic E-state index is 0.161. The van der Waals surface area contributed by atoms with E-state index < -0.39 is 0 Å². The second-order valence-corrected chi connectivity index (χ2v) is 5.24. The predicted molar refractivity (Wildman–Crippen MR) is 78.8 cm³/mol. The summed E-state index contributed by atoms with van der Waals surface area (Å²) in [6.45, 7) is 1.58. The fourth-order valence-corrected chi connectivity index (χ4v) is 2.94. The topological polar surface area (TPSA) is 85.2 Å². The van der Waals surface area contributed by atoms with E-state index in [0.29, 0.717) is 6.54 Å². The van der Waals surface area contributed by atoms with Gasteiger partial charge in [0.15, 0.2) is 0 Å². The van der Waals surface area contributed by atoms with Gasteiger partial charge < -0.3 is 11.5 Å². The highest BCUT2D eigenvalue weighted by atomic mass is 16.1. The van der Waals surface area contributed by atoms with Gasteiger partial charge in [-0.3, -0.25) is 14.7 Å². The van der Waals surface area contributed by atoms with E-state index in [-0.39, 0.29) is 11.9 Å². The number of pyridine rings is 1. The number of benzene rings is 1. The van der Waals surface area contributed by atoms with Crippen LogP contribution in [0.2, 0.25) is 0 Å². The highest BCUT2D eigenvalue weighted by Crippen LogP contribution is 2.26. The first-order valence-electron chi connectivity index (χ1n) is 6.82. The smallest absolute Gasteiger partial charge is 0.234 e. The van der Waals surface area contributed by atoms with Crippen LogP contribution in [-0.2, 0) is 11.3 Å². The molecule has 5 nitrogen and oxygen atoms in total. The SMILES string of the molecule is NC(=O)C1CCCN1Cc1ccc(N)c2cccnc12. The molecule has 1 aliphatic heterocycles. The monoisotopic (exact) mass is 270 g/mol. The number of carbonyl (C=O) groups is 1. The number of hydrogen-bond acceptors (Lipinski definition) is 4. The molecule has 1 aliphatic rings. The lowest BCUT2D eigenvalue weighted by Crippen LogP contribution is -2.39. The average molecular weight is 270 g/mol. The molecule has 1 aromatic carbocycles. The minimum Gasteiger partial charge on any atom is -0.398 e. The summed E-state index contributed by atoms with van der Waals surface area (Å²) in [6, 6.07) is 7.57. The van der Waals surface area contributed by atoms with Crippen molar-refractivity contribution in [2.75, 3.05) is 12.3 Å². The summed E-state index contributed by atoms with van der Waals surface area (Å²) in [5.41, 5.74) is 14.2. The molecule has 0 saturated carbocycles. The van der Waals surface area contributed by atoms with Crippen molar-refractivity contribution < 1.29 is 4.79 Å². The van der Waals surface area contributed by atoms with Gasteiger partial charge in [-0.2, -0.15) is 0 Å². The maximum absolute atomic E-state index is 11.5. The number of aromatic nitrogens is 1. The van der Waals surface area contributed by atoms with Crippen LogP contribution in [0.4, 0.5) is 5.69 Å². The molecule has 1 atom stereocenters. The highest BCUT2D eigenvalue weighted by Gasteiger charge is 2.29. The van der Waals surface area contributed by atoms with Crippen LogP contribution in [0, 0.1) is 0 Å². The van der Waals surface area contributed by atoms with Gasteiger partial charge in [0.05, 0.1) is 11.6 Å². The standard InChI is InChI=1S/C15H18N4O/c16-12-6-5-10(14-11(12)3-1-7-18-14)9-19-8-2-4-13(19)15(17)20/h1,3,5-7,13H,2,4,8-9,16H2,(H2,17,20). The van der Waals surface area contributed by atoms with Gasteiger partial charge in [0, 0.05) is 23.8 Å². The van der Waals surface area contributed by atoms with Crippen molar-refractivity contribution in [3.8, 4) is 0 Å². The zero-order valence-corrected chi connectivity index (χ0v) is 11.2. The van der Waals surface area contributed by atoms with Gasteiger partial charge in [-0.25, -0.2) is 0 Å². The Morgan fingerprint density at radius 2 is 2.25 bits per heavy atom. The normalized spacial score (nSPS) is 19.5. The van der Waals surface area contributed by atoms with Crippen LogP contribution in [0.1, 0.15) is 18.4 Å². The van der Waals surface area contributed by atoms with Crippen molar-refractivity contribution in [2.24, 2.45) is 5.73 Å². The fraction of sp³-hybridized carbons (Fsp3) is 0.333. The maximum Gasteiger partial charge on any atom is 0.234 e.